The third-order valence-corrected chi connectivity index (χ3v) is 10.5. The highest BCUT2D eigenvalue weighted by atomic mass is 16.4. The summed E-state index contributed by atoms with van der Waals surface area (Å²) in [6.07, 6.45) is 7.00. The van der Waals surface area contributed by atoms with Gasteiger partial charge in [-0.05, 0) is 98.2 Å². The first kappa shape index (κ1) is 21.0. The van der Waals surface area contributed by atoms with Crippen molar-refractivity contribution in [3.8, 4) is 0 Å². The second-order valence-corrected chi connectivity index (χ2v) is 11.7. The van der Waals surface area contributed by atoms with Crippen LogP contribution in [0.3, 0.4) is 0 Å². The van der Waals surface area contributed by atoms with Gasteiger partial charge in [0.05, 0.1) is 6.10 Å². The molecule has 0 saturated heterocycles. The summed E-state index contributed by atoms with van der Waals surface area (Å²) >= 11 is 0. The van der Waals surface area contributed by atoms with Gasteiger partial charge in [0.2, 0.25) is 0 Å². The Morgan fingerprint density at radius 1 is 1.13 bits per heavy atom. The van der Waals surface area contributed by atoms with Gasteiger partial charge in [0.25, 0.3) is 0 Å². The molecule has 4 nitrogen and oxygen atoms in total. The smallest absolute Gasteiger partial charge is 0.303 e. The van der Waals surface area contributed by atoms with Crippen molar-refractivity contribution in [3.63, 3.8) is 0 Å². The molecule has 0 spiro atoms. The van der Waals surface area contributed by atoms with Crippen molar-refractivity contribution in [2.45, 2.75) is 98.0 Å². The number of aliphatic carboxylic acids is 1. The Hall–Kier alpha value is -0.900. The first-order chi connectivity index (χ1) is 14.5. The molecule has 0 aromatic rings. The second kappa shape index (κ2) is 7.90. The fraction of sp³-hybridized carbons (Fsp3) is 0.923. The van der Waals surface area contributed by atoms with Crippen molar-refractivity contribution in [2.75, 3.05) is 0 Å². The van der Waals surface area contributed by atoms with E-state index in [0.717, 1.165) is 38.5 Å². The lowest BCUT2D eigenvalue weighted by molar-refractivity contribution is -0.173. The minimum atomic E-state index is -0.719. The number of aliphatic hydroxyl groups excluding tert-OH is 1. The van der Waals surface area contributed by atoms with Crippen molar-refractivity contribution >= 4 is 11.8 Å². The van der Waals surface area contributed by atoms with Crippen LogP contribution in [0, 0.1) is 52.3 Å². The maximum Gasteiger partial charge on any atom is 0.303 e. The fourth-order valence-corrected chi connectivity index (χ4v) is 8.98. The van der Waals surface area contributed by atoms with Crippen molar-refractivity contribution in [3.05, 3.63) is 0 Å². The van der Waals surface area contributed by atoms with E-state index in [1.54, 1.807) is 0 Å². The predicted molar refractivity (Wildman–Crippen MR) is 117 cm³/mol. The summed E-state index contributed by atoms with van der Waals surface area (Å²) in [5.41, 5.74) is 0.147. The standard InChI is InChI=1S/C26H42O4/c1-5-17-21-14-16(27)10-12-26(21,4)20-11-13-25(3)18(15(2)6-9-22(28)29)7-8-19(25)23(20)24(17)30/h15-21,23,27H,5-14H2,1-4H3,(H,28,29)/t15-,16-,17+,18-,19+,20+,21+,23+,25-,26-/m1/s1/i5D/t5?,15-,16-,17+,18-,19+,20+,21+,23+,25-,26-. The Morgan fingerprint density at radius 3 is 2.47 bits per heavy atom. The maximum atomic E-state index is 14.0. The summed E-state index contributed by atoms with van der Waals surface area (Å²) in [7, 11) is 0. The average molecular weight is 420 g/mol. The van der Waals surface area contributed by atoms with Crippen molar-refractivity contribution < 1.29 is 21.2 Å². The number of carbonyl (C=O) groups excluding carboxylic acids is 1. The minimum Gasteiger partial charge on any atom is -0.481 e. The number of carboxylic acids is 1. The lowest BCUT2D eigenvalue weighted by atomic mass is 9.42. The fourth-order valence-electron chi connectivity index (χ4n) is 8.98. The molecule has 0 bridgehead atoms. The molecule has 0 aliphatic heterocycles. The molecular formula is C26H42O4. The molecule has 4 saturated carbocycles. The van der Waals surface area contributed by atoms with Crippen molar-refractivity contribution in [1.82, 2.24) is 0 Å². The Kier molecular flexibility index (Phi) is 5.52. The monoisotopic (exact) mass is 419 g/mol. The van der Waals surface area contributed by atoms with Gasteiger partial charge in [0.1, 0.15) is 5.78 Å². The van der Waals surface area contributed by atoms with Crippen LogP contribution in [0.25, 0.3) is 0 Å². The molecule has 0 heterocycles. The van der Waals surface area contributed by atoms with Crippen LogP contribution in [0.5, 0.6) is 0 Å². The SMILES string of the molecule is [2H]C(C)[C@@H]1C(=O)[C@@H]2[C@H](CC[C@]3(C)[C@@H]([C@H](C)CCC(=O)O)CC[C@@H]23)[C@@]2(C)CC[C@@H](O)C[C@@H]12. The molecule has 1 unspecified atom stereocenters. The molecule has 0 aromatic carbocycles. The Balaban J connectivity index is 1.65. The van der Waals surface area contributed by atoms with Crippen LogP contribution in [0.4, 0.5) is 0 Å². The number of carbonyl (C=O) groups is 2. The zero-order valence-electron chi connectivity index (χ0n) is 20.3. The molecule has 170 valence electrons. The molecule has 4 aliphatic rings. The normalized spacial score (nSPS) is 50.6. The van der Waals surface area contributed by atoms with Crippen LogP contribution in [0.1, 0.15) is 93.2 Å². The van der Waals surface area contributed by atoms with Crippen LogP contribution >= 0.6 is 0 Å². The van der Waals surface area contributed by atoms with Gasteiger partial charge in [-0.2, -0.15) is 0 Å². The molecule has 2 N–H and O–H groups in total. The zero-order chi connectivity index (χ0) is 22.7. The van der Waals surface area contributed by atoms with Gasteiger partial charge in [-0.3, -0.25) is 9.59 Å². The number of carboxylic acid groups (broad SMARTS) is 1. The van der Waals surface area contributed by atoms with Gasteiger partial charge in [-0.15, -0.1) is 0 Å². The van der Waals surface area contributed by atoms with E-state index in [9.17, 15) is 14.7 Å². The van der Waals surface area contributed by atoms with Gasteiger partial charge < -0.3 is 10.2 Å². The lowest BCUT2D eigenvalue weighted by Crippen LogP contribution is -2.60. The van der Waals surface area contributed by atoms with E-state index in [4.69, 9.17) is 6.48 Å². The maximum absolute atomic E-state index is 14.0. The highest BCUT2D eigenvalue weighted by molar-refractivity contribution is 5.86. The Morgan fingerprint density at radius 2 is 1.80 bits per heavy atom. The third-order valence-electron chi connectivity index (χ3n) is 10.5. The highest BCUT2D eigenvalue weighted by Crippen LogP contribution is 2.68. The van der Waals surface area contributed by atoms with Gasteiger partial charge >= 0.3 is 5.97 Å². The molecule has 4 aliphatic carbocycles. The summed E-state index contributed by atoms with van der Waals surface area (Å²) in [5.74, 6) is 1.10. The van der Waals surface area contributed by atoms with Gasteiger partial charge in [0, 0.05) is 19.6 Å². The molecule has 4 rings (SSSR count). The molecule has 0 radical (unpaired) electrons. The minimum absolute atomic E-state index is 0.0460. The van der Waals surface area contributed by atoms with E-state index >= 15 is 0 Å². The number of hydrogen-bond donors (Lipinski definition) is 2. The van der Waals surface area contributed by atoms with Gasteiger partial charge in [0.15, 0.2) is 0 Å². The number of hydrogen-bond acceptors (Lipinski definition) is 3. The Bertz CT molecular complexity index is 722. The second-order valence-electron chi connectivity index (χ2n) is 11.7. The number of Topliss-reactive ketones (excluding diaryl/α,β-unsaturated/α-hetero) is 1. The summed E-state index contributed by atoms with van der Waals surface area (Å²) in [6, 6.07) is 0. The Labute approximate surface area is 183 Å². The molecule has 30 heavy (non-hydrogen) atoms. The molecule has 4 heteroatoms. The van der Waals surface area contributed by atoms with E-state index in [-0.39, 0.29) is 41.1 Å². The molecule has 0 amide bonds. The van der Waals surface area contributed by atoms with Crippen LogP contribution in [-0.4, -0.2) is 28.1 Å². The quantitative estimate of drug-likeness (QED) is 0.632. The first-order valence-electron chi connectivity index (χ1n) is 12.9. The van der Waals surface area contributed by atoms with Gasteiger partial charge in [-0.25, -0.2) is 0 Å². The van der Waals surface area contributed by atoms with Crippen LogP contribution in [0.2, 0.25) is 0 Å². The third kappa shape index (κ3) is 3.27. The van der Waals surface area contributed by atoms with Gasteiger partial charge in [-0.1, -0.05) is 27.7 Å². The molecular weight excluding hydrogens is 376 g/mol. The van der Waals surface area contributed by atoms with E-state index in [0.29, 0.717) is 42.3 Å². The molecule has 4 fully saturated rings. The van der Waals surface area contributed by atoms with Crippen LogP contribution in [-0.2, 0) is 9.59 Å². The number of rotatable bonds is 5. The zero-order valence-corrected chi connectivity index (χ0v) is 19.3. The molecule has 0 aromatic heterocycles. The first-order valence-corrected chi connectivity index (χ1v) is 12.4. The largest absolute Gasteiger partial charge is 0.481 e. The summed E-state index contributed by atoms with van der Waals surface area (Å²) < 4.78 is 8.57. The van der Waals surface area contributed by atoms with Crippen LogP contribution < -0.4 is 0 Å². The van der Waals surface area contributed by atoms with Crippen molar-refractivity contribution in [2.24, 2.45) is 52.3 Å². The van der Waals surface area contributed by atoms with Crippen molar-refractivity contribution in [1.29, 1.82) is 0 Å². The number of ketones is 1. The van der Waals surface area contributed by atoms with E-state index in [1.807, 2.05) is 6.92 Å². The lowest BCUT2D eigenvalue weighted by Gasteiger charge is -2.62. The summed E-state index contributed by atoms with van der Waals surface area (Å²) in [4.78, 5) is 25.1. The number of fused-ring (bicyclic) bond motifs is 5. The summed E-state index contributed by atoms with van der Waals surface area (Å²) in [5, 5.41) is 19.6. The van der Waals surface area contributed by atoms with E-state index < -0.39 is 12.4 Å². The topological polar surface area (TPSA) is 74.6 Å². The van der Waals surface area contributed by atoms with E-state index in [2.05, 4.69) is 20.8 Å². The van der Waals surface area contributed by atoms with E-state index in [1.165, 1.54) is 0 Å². The predicted octanol–water partition coefficient (Wildman–Crippen LogP) is 5.32. The average Bonchev–Trinajstić information content (AvgIpc) is 3.04. The number of aliphatic hydroxyl groups is 1. The van der Waals surface area contributed by atoms with Crippen LogP contribution in [0.15, 0.2) is 0 Å². The highest BCUT2D eigenvalue weighted by Gasteiger charge is 2.65. The summed E-state index contributed by atoms with van der Waals surface area (Å²) in [6.45, 7) is 8.84. The molecule has 11 atom stereocenters.